The van der Waals surface area contributed by atoms with Gasteiger partial charge in [0.15, 0.2) is 11.5 Å². The summed E-state index contributed by atoms with van der Waals surface area (Å²) in [7, 11) is 1.58. The molecular formula is C17H18ClN5O2. The summed E-state index contributed by atoms with van der Waals surface area (Å²) < 4.78 is 8.46. The number of carbonyl (C=O) groups excluding carboxylic acids is 1. The summed E-state index contributed by atoms with van der Waals surface area (Å²) in [5, 5.41) is 11.7. The normalized spacial score (nSPS) is 10.8. The summed E-state index contributed by atoms with van der Waals surface area (Å²) in [6, 6.07) is 11.2. The summed E-state index contributed by atoms with van der Waals surface area (Å²) in [6.45, 7) is 1.32. The number of nitrogens with zero attached hydrogens (tertiary/aromatic N) is 4. The molecule has 2 heterocycles. The minimum absolute atomic E-state index is 0.265. The number of aromatic nitrogens is 4. The first kappa shape index (κ1) is 17.2. The number of methoxy groups -OCH3 is 1. The Morgan fingerprint density at radius 1 is 1.24 bits per heavy atom. The molecule has 0 spiro atoms. The molecule has 25 heavy (non-hydrogen) atoms. The molecule has 0 aliphatic heterocycles. The SMILES string of the molecule is COCCNC(=O)c1nnn(Cc2ccc(Cl)cc2)c1-n1cccc1. The monoisotopic (exact) mass is 359 g/mol. The fourth-order valence-corrected chi connectivity index (χ4v) is 2.53. The Balaban J connectivity index is 1.90. The third-order valence-electron chi connectivity index (χ3n) is 3.61. The summed E-state index contributed by atoms with van der Waals surface area (Å²) in [5.41, 5.74) is 1.27. The maximum atomic E-state index is 12.4. The van der Waals surface area contributed by atoms with Gasteiger partial charge in [-0.05, 0) is 29.8 Å². The van der Waals surface area contributed by atoms with Gasteiger partial charge in [-0.25, -0.2) is 4.68 Å². The lowest BCUT2D eigenvalue weighted by molar-refractivity contribution is 0.0932. The number of rotatable bonds is 7. The maximum Gasteiger partial charge on any atom is 0.275 e. The summed E-state index contributed by atoms with van der Waals surface area (Å²) in [4.78, 5) is 12.4. The Hall–Kier alpha value is -2.64. The lowest BCUT2D eigenvalue weighted by Gasteiger charge is -2.10. The second-order valence-electron chi connectivity index (χ2n) is 5.38. The minimum atomic E-state index is -0.289. The largest absolute Gasteiger partial charge is 0.383 e. The first-order valence-corrected chi connectivity index (χ1v) is 8.15. The molecule has 1 N–H and O–H groups in total. The van der Waals surface area contributed by atoms with Gasteiger partial charge in [-0.2, -0.15) is 0 Å². The molecule has 0 saturated heterocycles. The van der Waals surface area contributed by atoms with Gasteiger partial charge in [0.25, 0.3) is 5.91 Å². The van der Waals surface area contributed by atoms with Crippen LogP contribution < -0.4 is 5.32 Å². The topological polar surface area (TPSA) is 74.0 Å². The van der Waals surface area contributed by atoms with E-state index in [-0.39, 0.29) is 11.6 Å². The smallest absolute Gasteiger partial charge is 0.275 e. The molecule has 2 aromatic heterocycles. The predicted molar refractivity (Wildman–Crippen MR) is 94.1 cm³/mol. The molecule has 0 aliphatic carbocycles. The van der Waals surface area contributed by atoms with Gasteiger partial charge in [-0.1, -0.05) is 28.9 Å². The van der Waals surface area contributed by atoms with Crippen LogP contribution in [0.2, 0.25) is 5.02 Å². The summed E-state index contributed by atoms with van der Waals surface area (Å²) >= 11 is 5.93. The molecule has 8 heteroatoms. The fraction of sp³-hybridized carbons (Fsp3) is 0.235. The quantitative estimate of drug-likeness (QED) is 0.656. The van der Waals surface area contributed by atoms with Crippen molar-refractivity contribution in [3.05, 3.63) is 65.1 Å². The average molecular weight is 360 g/mol. The first-order chi connectivity index (χ1) is 12.2. The Kier molecular flexibility index (Phi) is 5.47. The highest BCUT2D eigenvalue weighted by Crippen LogP contribution is 2.16. The van der Waals surface area contributed by atoms with Crippen molar-refractivity contribution in [2.45, 2.75) is 6.54 Å². The number of benzene rings is 1. The minimum Gasteiger partial charge on any atom is -0.383 e. The van der Waals surface area contributed by atoms with Crippen molar-refractivity contribution >= 4 is 17.5 Å². The van der Waals surface area contributed by atoms with Crippen LogP contribution in [0.15, 0.2) is 48.8 Å². The molecule has 0 fully saturated rings. The standard InChI is InChI=1S/C17H18ClN5O2/c1-25-11-8-19-16(24)15-17(22-9-2-3-10-22)23(21-20-15)12-13-4-6-14(18)7-5-13/h2-7,9-10H,8,11-12H2,1H3,(H,19,24). The maximum absolute atomic E-state index is 12.4. The van der Waals surface area contributed by atoms with Crippen LogP contribution in [0, 0.1) is 0 Å². The third kappa shape index (κ3) is 4.07. The van der Waals surface area contributed by atoms with Crippen molar-refractivity contribution in [3.63, 3.8) is 0 Å². The number of nitrogens with one attached hydrogen (secondary N) is 1. The number of hydrogen-bond donors (Lipinski definition) is 1. The highest BCUT2D eigenvalue weighted by Gasteiger charge is 2.20. The third-order valence-corrected chi connectivity index (χ3v) is 3.86. The highest BCUT2D eigenvalue weighted by molar-refractivity contribution is 6.30. The van der Waals surface area contributed by atoms with Crippen LogP contribution in [-0.4, -0.2) is 45.7 Å². The van der Waals surface area contributed by atoms with Crippen molar-refractivity contribution in [1.29, 1.82) is 0 Å². The van der Waals surface area contributed by atoms with Gasteiger partial charge in [-0.3, -0.25) is 4.79 Å². The van der Waals surface area contributed by atoms with Crippen LogP contribution in [0.25, 0.3) is 5.82 Å². The van der Waals surface area contributed by atoms with E-state index in [4.69, 9.17) is 16.3 Å². The van der Waals surface area contributed by atoms with E-state index in [0.29, 0.717) is 30.5 Å². The fourth-order valence-electron chi connectivity index (χ4n) is 2.41. The van der Waals surface area contributed by atoms with Crippen LogP contribution in [0.3, 0.4) is 0 Å². The Morgan fingerprint density at radius 2 is 1.96 bits per heavy atom. The van der Waals surface area contributed by atoms with E-state index in [1.807, 2.05) is 53.4 Å². The predicted octanol–water partition coefficient (Wildman–Crippen LogP) is 2.15. The van der Waals surface area contributed by atoms with E-state index in [1.165, 1.54) is 0 Å². The zero-order valence-corrected chi connectivity index (χ0v) is 14.5. The van der Waals surface area contributed by atoms with Crippen molar-refractivity contribution in [2.24, 2.45) is 0 Å². The Labute approximate surface area is 150 Å². The van der Waals surface area contributed by atoms with Crippen LogP contribution >= 0.6 is 11.6 Å². The summed E-state index contributed by atoms with van der Waals surface area (Å²) in [5.74, 6) is 0.318. The van der Waals surface area contributed by atoms with E-state index in [9.17, 15) is 4.79 Å². The number of carbonyl (C=O) groups is 1. The molecule has 0 bridgehead atoms. The molecule has 130 valence electrons. The highest BCUT2D eigenvalue weighted by atomic mass is 35.5. The van der Waals surface area contributed by atoms with E-state index in [0.717, 1.165) is 5.56 Å². The molecule has 0 aliphatic rings. The van der Waals surface area contributed by atoms with Crippen LogP contribution in [0.1, 0.15) is 16.1 Å². The Morgan fingerprint density at radius 3 is 2.64 bits per heavy atom. The van der Waals surface area contributed by atoms with E-state index >= 15 is 0 Å². The molecule has 3 aromatic rings. The van der Waals surface area contributed by atoms with Gasteiger partial charge in [0.2, 0.25) is 0 Å². The summed E-state index contributed by atoms with van der Waals surface area (Å²) in [6.07, 6.45) is 3.70. The van der Waals surface area contributed by atoms with Crippen molar-refractivity contribution in [2.75, 3.05) is 20.3 Å². The van der Waals surface area contributed by atoms with Crippen LogP contribution in [0.4, 0.5) is 0 Å². The van der Waals surface area contributed by atoms with Gasteiger partial charge in [0.05, 0.1) is 13.2 Å². The number of ether oxygens (including phenoxy) is 1. The van der Waals surface area contributed by atoms with Gasteiger partial charge in [0, 0.05) is 31.1 Å². The van der Waals surface area contributed by atoms with E-state index in [2.05, 4.69) is 15.6 Å². The van der Waals surface area contributed by atoms with Gasteiger partial charge in [-0.15, -0.1) is 5.10 Å². The number of halogens is 1. The second-order valence-corrected chi connectivity index (χ2v) is 5.82. The molecule has 0 unspecified atom stereocenters. The number of amides is 1. The molecular weight excluding hydrogens is 342 g/mol. The van der Waals surface area contributed by atoms with Gasteiger partial charge < -0.3 is 14.6 Å². The first-order valence-electron chi connectivity index (χ1n) is 7.77. The zero-order chi connectivity index (χ0) is 17.6. The Bertz CT molecular complexity index is 827. The average Bonchev–Trinajstić information content (AvgIpc) is 3.26. The van der Waals surface area contributed by atoms with E-state index in [1.54, 1.807) is 11.8 Å². The van der Waals surface area contributed by atoms with Gasteiger partial charge in [0.1, 0.15) is 0 Å². The molecule has 0 radical (unpaired) electrons. The molecule has 3 rings (SSSR count). The second kappa shape index (κ2) is 7.96. The number of hydrogen-bond acceptors (Lipinski definition) is 4. The van der Waals surface area contributed by atoms with Crippen LogP contribution in [0.5, 0.6) is 0 Å². The zero-order valence-electron chi connectivity index (χ0n) is 13.7. The van der Waals surface area contributed by atoms with Crippen LogP contribution in [-0.2, 0) is 11.3 Å². The lowest BCUT2D eigenvalue weighted by atomic mass is 10.2. The lowest BCUT2D eigenvalue weighted by Crippen LogP contribution is -2.28. The van der Waals surface area contributed by atoms with Crippen molar-refractivity contribution < 1.29 is 9.53 Å². The van der Waals surface area contributed by atoms with Crippen molar-refractivity contribution in [3.8, 4) is 5.82 Å². The van der Waals surface area contributed by atoms with Gasteiger partial charge >= 0.3 is 0 Å². The molecule has 0 atom stereocenters. The van der Waals surface area contributed by atoms with E-state index < -0.39 is 0 Å². The van der Waals surface area contributed by atoms with Crippen molar-refractivity contribution in [1.82, 2.24) is 24.9 Å². The molecule has 7 nitrogen and oxygen atoms in total. The molecule has 0 saturated carbocycles. The molecule has 1 amide bonds. The molecule has 1 aromatic carbocycles.